The Hall–Kier alpha value is -0.660. The molecule has 0 saturated heterocycles. The highest BCUT2D eigenvalue weighted by Crippen LogP contribution is 2.37. The number of alkyl halides is 1. The van der Waals surface area contributed by atoms with Crippen LogP contribution in [-0.2, 0) is 16.4 Å². The maximum Gasteiger partial charge on any atom is 0.280 e. The van der Waals surface area contributed by atoms with Crippen LogP contribution in [0.2, 0.25) is 0 Å². The fourth-order valence-electron chi connectivity index (χ4n) is 3.39. The number of halogens is 2. The molecule has 1 aliphatic carbocycles. The first-order valence-electron chi connectivity index (χ1n) is 9.12. The summed E-state index contributed by atoms with van der Waals surface area (Å²) in [5.74, 6) is 0. The molecule has 0 aromatic heterocycles. The second kappa shape index (κ2) is 9.65. The first-order chi connectivity index (χ1) is 13.7. The van der Waals surface area contributed by atoms with Gasteiger partial charge in [-0.2, -0.15) is 8.42 Å². The summed E-state index contributed by atoms with van der Waals surface area (Å²) in [4.78, 5) is 3.68. The predicted molar refractivity (Wildman–Crippen MR) is 130 cm³/mol. The lowest BCUT2D eigenvalue weighted by molar-refractivity contribution is 0.384. The minimum Gasteiger partial charge on any atom is -0.387 e. The highest BCUT2D eigenvalue weighted by molar-refractivity contribution is 14.1. The van der Waals surface area contributed by atoms with Crippen molar-refractivity contribution in [2.24, 2.45) is 5.73 Å². The zero-order chi connectivity index (χ0) is 21.2. The minimum absolute atomic E-state index is 0.137. The van der Waals surface area contributed by atoms with Crippen molar-refractivity contribution in [2.45, 2.75) is 22.3 Å². The SMILES string of the molecule is CN(C)CCNC1CCc2ccc(NS(=O)(=O)/C(=C(/N)Cl)N3C=CSC3I)cc21. The lowest BCUT2D eigenvalue weighted by atomic mass is 10.1. The highest BCUT2D eigenvalue weighted by Gasteiger charge is 2.32. The van der Waals surface area contributed by atoms with Crippen molar-refractivity contribution >= 4 is 61.7 Å². The van der Waals surface area contributed by atoms with E-state index in [0.717, 1.165) is 31.5 Å². The zero-order valence-electron chi connectivity index (χ0n) is 16.2. The number of hydrogen-bond donors (Lipinski definition) is 3. The van der Waals surface area contributed by atoms with Gasteiger partial charge in [-0.1, -0.05) is 29.4 Å². The quantitative estimate of drug-likeness (QED) is 0.252. The Morgan fingerprint density at radius 2 is 2.21 bits per heavy atom. The van der Waals surface area contributed by atoms with Crippen molar-refractivity contribution in [3.8, 4) is 0 Å². The maximum absolute atomic E-state index is 13.1. The number of nitrogens with two attached hydrogens (primary N) is 1. The van der Waals surface area contributed by atoms with E-state index in [-0.39, 0.29) is 19.6 Å². The van der Waals surface area contributed by atoms with Gasteiger partial charge in [-0.05, 0) is 78.2 Å². The molecule has 1 aromatic carbocycles. The van der Waals surface area contributed by atoms with Crippen molar-refractivity contribution in [3.63, 3.8) is 0 Å². The van der Waals surface area contributed by atoms with Gasteiger partial charge in [0, 0.05) is 31.0 Å². The number of fused-ring (bicyclic) bond motifs is 1. The third-order valence-electron chi connectivity index (χ3n) is 4.75. The molecule has 7 nitrogen and oxygen atoms in total. The van der Waals surface area contributed by atoms with Gasteiger partial charge in [-0.25, -0.2) is 0 Å². The molecule has 1 aromatic rings. The van der Waals surface area contributed by atoms with Crippen LogP contribution in [0.15, 0.2) is 40.0 Å². The van der Waals surface area contributed by atoms with Crippen LogP contribution < -0.4 is 15.8 Å². The molecule has 0 radical (unpaired) electrons. The standard InChI is InChI=1S/C18H25ClIN5O2S2/c1-24(2)8-7-22-15-6-4-12-3-5-13(11-14(12)15)23-29(26,27)17(16(19)21)25-9-10-28-18(25)20/h3,5,9-11,15,18,22-23H,4,6-8,21H2,1-2H3/b17-16+. The van der Waals surface area contributed by atoms with E-state index in [4.69, 9.17) is 17.3 Å². The van der Waals surface area contributed by atoms with Crippen LogP contribution in [0, 0.1) is 0 Å². The number of nitrogens with zero attached hydrogens (tertiary/aromatic N) is 2. The van der Waals surface area contributed by atoms with Crippen LogP contribution in [0.4, 0.5) is 5.69 Å². The van der Waals surface area contributed by atoms with Gasteiger partial charge in [0.05, 0.1) is 0 Å². The molecule has 2 atom stereocenters. The van der Waals surface area contributed by atoms with E-state index < -0.39 is 10.0 Å². The van der Waals surface area contributed by atoms with Crippen molar-refractivity contribution in [1.29, 1.82) is 0 Å². The second-order valence-electron chi connectivity index (χ2n) is 7.14. The molecule has 2 aliphatic rings. The summed E-state index contributed by atoms with van der Waals surface area (Å²) in [5.41, 5.74) is 8.62. The van der Waals surface area contributed by atoms with Crippen molar-refractivity contribution in [2.75, 3.05) is 31.9 Å². The smallest absolute Gasteiger partial charge is 0.280 e. The molecule has 3 rings (SSSR count). The predicted octanol–water partition coefficient (Wildman–Crippen LogP) is 3.13. The zero-order valence-corrected chi connectivity index (χ0v) is 20.8. The number of thioether (sulfide) groups is 1. The van der Waals surface area contributed by atoms with Gasteiger partial charge in [0.15, 0.2) is 5.03 Å². The van der Waals surface area contributed by atoms with E-state index >= 15 is 0 Å². The average molecular weight is 570 g/mol. The van der Waals surface area contributed by atoms with Crippen molar-refractivity contribution < 1.29 is 8.42 Å². The monoisotopic (exact) mass is 569 g/mol. The fourth-order valence-corrected chi connectivity index (χ4v) is 6.90. The second-order valence-corrected chi connectivity index (χ2v) is 12.2. The van der Waals surface area contributed by atoms with Crippen LogP contribution in [0.5, 0.6) is 0 Å². The normalized spacial score (nSPS) is 22.2. The summed E-state index contributed by atoms with van der Waals surface area (Å²) >= 11 is 9.59. The van der Waals surface area contributed by atoms with Gasteiger partial charge in [0.25, 0.3) is 10.0 Å². The number of aryl methyl sites for hydroxylation is 1. The van der Waals surface area contributed by atoms with Crippen molar-refractivity contribution in [1.82, 2.24) is 15.1 Å². The van der Waals surface area contributed by atoms with Crippen LogP contribution in [-0.4, -0.2) is 48.8 Å². The number of benzene rings is 1. The maximum atomic E-state index is 13.1. The molecule has 0 fully saturated rings. The molecule has 0 bridgehead atoms. The number of hydrogen-bond acceptors (Lipinski definition) is 7. The molecule has 160 valence electrons. The molecule has 0 spiro atoms. The van der Waals surface area contributed by atoms with Gasteiger partial charge >= 0.3 is 0 Å². The van der Waals surface area contributed by atoms with Crippen LogP contribution in [0.3, 0.4) is 0 Å². The largest absolute Gasteiger partial charge is 0.387 e. The first kappa shape index (κ1) is 23.0. The fraction of sp³-hybridized carbons (Fsp3) is 0.444. The van der Waals surface area contributed by atoms with E-state index in [1.165, 1.54) is 17.3 Å². The Balaban J connectivity index is 1.80. The summed E-state index contributed by atoms with van der Waals surface area (Å²) in [6.45, 7) is 1.82. The summed E-state index contributed by atoms with van der Waals surface area (Å²) in [6, 6.07) is 5.91. The molecular formula is C18H25ClIN5O2S2. The number of likely N-dealkylation sites (N-methyl/N-ethyl adjacent to an activating group) is 1. The Morgan fingerprint density at radius 1 is 1.45 bits per heavy atom. The number of nitrogens with one attached hydrogen (secondary N) is 2. The third-order valence-corrected chi connectivity index (χ3v) is 8.70. The van der Waals surface area contributed by atoms with Gasteiger partial charge in [0.1, 0.15) is 8.54 Å². The minimum atomic E-state index is -3.95. The Bertz CT molecular complexity index is 919. The molecular weight excluding hydrogens is 545 g/mol. The van der Waals surface area contributed by atoms with Crippen LogP contribution in [0.25, 0.3) is 0 Å². The molecule has 1 aliphatic heterocycles. The average Bonchev–Trinajstić information content (AvgIpc) is 3.20. The summed E-state index contributed by atoms with van der Waals surface area (Å²) < 4.78 is 28.6. The third kappa shape index (κ3) is 5.53. The summed E-state index contributed by atoms with van der Waals surface area (Å²) in [7, 11) is 0.130. The highest BCUT2D eigenvalue weighted by atomic mass is 127. The molecule has 1 heterocycles. The van der Waals surface area contributed by atoms with Crippen LogP contribution >= 0.6 is 46.0 Å². The van der Waals surface area contributed by atoms with Gasteiger partial charge in [-0.15, -0.1) is 0 Å². The Morgan fingerprint density at radius 3 is 2.83 bits per heavy atom. The molecule has 29 heavy (non-hydrogen) atoms. The number of anilines is 1. The van der Waals surface area contributed by atoms with Gasteiger partial charge < -0.3 is 20.9 Å². The van der Waals surface area contributed by atoms with Gasteiger partial charge in [-0.3, -0.25) is 4.72 Å². The number of sulfonamides is 1. The summed E-state index contributed by atoms with van der Waals surface area (Å²) in [5, 5.41) is 4.97. The Kier molecular flexibility index (Phi) is 7.66. The van der Waals surface area contributed by atoms with E-state index in [1.54, 1.807) is 17.2 Å². The Labute approximate surface area is 195 Å². The molecule has 0 amide bonds. The summed E-state index contributed by atoms with van der Waals surface area (Å²) in [6.07, 6.45) is 3.65. The van der Waals surface area contributed by atoms with E-state index in [9.17, 15) is 8.42 Å². The first-order valence-corrected chi connectivity index (χ1v) is 13.2. The molecule has 0 saturated carbocycles. The van der Waals surface area contributed by atoms with Crippen molar-refractivity contribution in [3.05, 3.63) is 51.1 Å². The molecule has 2 unspecified atom stereocenters. The topological polar surface area (TPSA) is 90.7 Å². The molecule has 11 heteroatoms. The van der Waals surface area contributed by atoms with E-state index in [1.807, 2.05) is 31.6 Å². The van der Waals surface area contributed by atoms with Gasteiger partial charge in [0.2, 0.25) is 0 Å². The van der Waals surface area contributed by atoms with E-state index in [0.29, 0.717) is 5.69 Å². The number of rotatable bonds is 8. The van der Waals surface area contributed by atoms with E-state index in [2.05, 4.69) is 37.5 Å². The van der Waals surface area contributed by atoms with Crippen LogP contribution in [0.1, 0.15) is 23.6 Å². The lowest BCUT2D eigenvalue weighted by Gasteiger charge is -2.24. The lowest BCUT2D eigenvalue weighted by Crippen LogP contribution is -2.31. The molecule has 4 N–H and O–H groups in total.